The van der Waals surface area contributed by atoms with E-state index >= 15 is 0 Å². The summed E-state index contributed by atoms with van der Waals surface area (Å²) in [4.78, 5) is 31.4. The first-order chi connectivity index (χ1) is 14.4. The van der Waals surface area contributed by atoms with Crippen molar-refractivity contribution < 1.29 is 9.59 Å². The van der Waals surface area contributed by atoms with E-state index in [1.165, 1.54) is 21.6 Å². The molecule has 0 saturated carbocycles. The van der Waals surface area contributed by atoms with Crippen molar-refractivity contribution in [3.05, 3.63) is 57.3 Å². The molecule has 0 aliphatic carbocycles. The maximum atomic E-state index is 13.5. The number of thiophene rings is 1. The first kappa shape index (κ1) is 22.5. The second kappa shape index (κ2) is 10.3. The highest BCUT2D eigenvalue weighted by Crippen LogP contribution is 2.39. The minimum Gasteiger partial charge on any atom is -0.333 e. The molecule has 4 nitrogen and oxygen atoms in total. The fraction of sp³-hybridized carbons (Fsp3) is 0.520. The first-order valence-electron chi connectivity index (χ1n) is 11.1. The highest BCUT2D eigenvalue weighted by molar-refractivity contribution is 7.10. The molecule has 1 aromatic carbocycles. The summed E-state index contributed by atoms with van der Waals surface area (Å²) in [6.07, 6.45) is 3.11. The van der Waals surface area contributed by atoms with Crippen molar-refractivity contribution in [1.82, 2.24) is 9.80 Å². The standard InChI is InChI=1S/C25H34N2O2S/c1-5-8-23(28)26(14-11-18(2)3)17-24(29)27-15-12-22-21(13-16-30-22)25(27)20-10-7-6-9-19(20)4/h6-7,9-10,13,16,18,25H,5,8,11-12,14-15,17H2,1-4H3. The SMILES string of the molecule is CCCC(=O)N(CCC(C)C)CC(=O)N1CCc2sccc2C1c1ccccc1C. The molecule has 30 heavy (non-hydrogen) atoms. The Morgan fingerprint density at radius 1 is 1.20 bits per heavy atom. The Balaban J connectivity index is 1.87. The van der Waals surface area contributed by atoms with Gasteiger partial charge in [-0.25, -0.2) is 0 Å². The van der Waals surface area contributed by atoms with E-state index in [9.17, 15) is 9.59 Å². The van der Waals surface area contributed by atoms with E-state index in [-0.39, 0.29) is 24.4 Å². The van der Waals surface area contributed by atoms with Gasteiger partial charge < -0.3 is 9.80 Å². The van der Waals surface area contributed by atoms with Gasteiger partial charge in [-0.3, -0.25) is 9.59 Å². The molecule has 5 heteroatoms. The summed E-state index contributed by atoms with van der Waals surface area (Å²) < 4.78 is 0. The quantitative estimate of drug-likeness (QED) is 0.582. The molecule has 0 N–H and O–H groups in total. The third-order valence-corrected chi connectivity index (χ3v) is 6.88. The van der Waals surface area contributed by atoms with Crippen LogP contribution in [0.2, 0.25) is 0 Å². The van der Waals surface area contributed by atoms with Crippen LogP contribution >= 0.6 is 11.3 Å². The Labute approximate surface area is 184 Å². The zero-order valence-electron chi connectivity index (χ0n) is 18.7. The molecular weight excluding hydrogens is 392 g/mol. The van der Waals surface area contributed by atoms with E-state index < -0.39 is 0 Å². The summed E-state index contributed by atoms with van der Waals surface area (Å²) in [5.41, 5.74) is 3.61. The number of carbonyl (C=O) groups is 2. The van der Waals surface area contributed by atoms with Crippen LogP contribution in [0.15, 0.2) is 35.7 Å². The zero-order valence-corrected chi connectivity index (χ0v) is 19.5. The van der Waals surface area contributed by atoms with Crippen molar-refractivity contribution >= 4 is 23.2 Å². The predicted molar refractivity (Wildman–Crippen MR) is 124 cm³/mol. The fourth-order valence-electron chi connectivity index (χ4n) is 4.15. The van der Waals surface area contributed by atoms with Crippen molar-refractivity contribution in [2.75, 3.05) is 19.6 Å². The Bertz CT molecular complexity index is 874. The van der Waals surface area contributed by atoms with Crippen LogP contribution in [0.4, 0.5) is 0 Å². The molecule has 2 amide bonds. The van der Waals surface area contributed by atoms with Crippen molar-refractivity contribution in [2.45, 2.75) is 59.4 Å². The molecule has 0 spiro atoms. The highest BCUT2D eigenvalue weighted by atomic mass is 32.1. The summed E-state index contributed by atoms with van der Waals surface area (Å²) >= 11 is 1.78. The van der Waals surface area contributed by atoms with E-state index in [0.29, 0.717) is 25.4 Å². The highest BCUT2D eigenvalue weighted by Gasteiger charge is 2.34. The maximum Gasteiger partial charge on any atom is 0.242 e. The monoisotopic (exact) mass is 426 g/mol. The number of hydrogen-bond donors (Lipinski definition) is 0. The Hall–Kier alpha value is -2.14. The van der Waals surface area contributed by atoms with Gasteiger partial charge in [0.1, 0.15) is 0 Å². The van der Waals surface area contributed by atoms with Gasteiger partial charge in [0.2, 0.25) is 11.8 Å². The molecule has 2 heterocycles. The number of benzene rings is 1. The van der Waals surface area contributed by atoms with Gasteiger partial charge in [0.05, 0.1) is 12.6 Å². The smallest absolute Gasteiger partial charge is 0.242 e. The van der Waals surface area contributed by atoms with Crippen molar-refractivity contribution in [3.63, 3.8) is 0 Å². The predicted octanol–water partition coefficient (Wildman–Crippen LogP) is 5.21. The molecular formula is C25H34N2O2S. The van der Waals surface area contributed by atoms with Crippen LogP contribution in [0, 0.1) is 12.8 Å². The minimum atomic E-state index is -0.0677. The van der Waals surface area contributed by atoms with Gasteiger partial charge in [0, 0.05) is 24.4 Å². The number of rotatable bonds is 8. The lowest BCUT2D eigenvalue weighted by atomic mass is 9.90. The van der Waals surface area contributed by atoms with Gasteiger partial charge in [-0.2, -0.15) is 0 Å². The number of amides is 2. The average Bonchev–Trinajstić information content (AvgIpc) is 3.19. The molecule has 3 rings (SSSR count). The Morgan fingerprint density at radius 3 is 2.67 bits per heavy atom. The summed E-state index contributed by atoms with van der Waals surface area (Å²) in [5, 5.41) is 2.13. The molecule has 1 atom stereocenters. The van der Waals surface area contributed by atoms with Crippen molar-refractivity contribution in [3.8, 4) is 0 Å². The van der Waals surface area contributed by atoms with Crippen molar-refractivity contribution in [1.29, 1.82) is 0 Å². The molecule has 0 fully saturated rings. The van der Waals surface area contributed by atoms with Gasteiger partial charge in [-0.15, -0.1) is 11.3 Å². The van der Waals surface area contributed by atoms with Gasteiger partial charge in [-0.1, -0.05) is 45.0 Å². The number of nitrogens with zero attached hydrogens (tertiary/aromatic N) is 2. The second-order valence-electron chi connectivity index (χ2n) is 8.64. The normalized spacial score (nSPS) is 15.9. The van der Waals surface area contributed by atoms with E-state index in [1.807, 2.05) is 24.0 Å². The molecule has 1 aliphatic rings. The molecule has 0 bridgehead atoms. The Morgan fingerprint density at radius 2 is 1.97 bits per heavy atom. The summed E-state index contributed by atoms with van der Waals surface area (Å²) in [7, 11) is 0. The lowest BCUT2D eigenvalue weighted by Gasteiger charge is -2.38. The largest absolute Gasteiger partial charge is 0.333 e. The third-order valence-electron chi connectivity index (χ3n) is 5.89. The van der Waals surface area contributed by atoms with Crippen LogP contribution in [-0.2, 0) is 16.0 Å². The van der Waals surface area contributed by atoms with E-state index in [4.69, 9.17) is 0 Å². The topological polar surface area (TPSA) is 40.6 Å². The molecule has 0 saturated heterocycles. The fourth-order valence-corrected chi connectivity index (χ4v) is 5.05. The van der Waals surface area contributed by atoms with Crippen LogP contribution in [0.5, 0.6) is 0 Å². The van der Waals surface area contributed by atoms with Crippen LogP contribution < -0.4 is 0 Å². The summed E-state index contributed by atoms with van der Waals surface area (Å²) in [6, 6.07) is 10.4. The number of carbonyl (C=O) groups excluding carboxylic acids is 2. The van der Waals surface area contributed by atoms with E-state index in [0.717, 1.165) is 19.3 Å². The third kappa shape index (κ3) is 5.12. The van der Waals surface area contributed by atoms with Gasteiger partial charge in [-0.05, 0) is 60.2 Å². The molecule has 1 aromatic heterocycles. The minimum absolute atomic E-state index is 0.0494. The maximum absolute atomic E-state index is 13.5. The van der Waals surface area contributed by atoms with Crippen molar-refractivity contribution in [2.24, 2.45) is 5.92 Å². The lowest BCUT2D eigenvalue weighted by Crippen LogP contribution is -2.47. The van der Waals surface area contributed by atoms with Crippen LogP contribution in [0.3, 0.4) is 0 Å². The van der Waals surface area contributed by atoms with Crippen LogP contribution in [0.25, 0.3) is 0 Å². The van der Waals surface area contributed by atoms with E-state index in [1.54, 1.807) is 16.2 Å². The van der Waals surface area contributed by atoms with Crippen LogP contribution in [-0.4, -0.2) is 41.2 Å². The number of aryl methyl sites for hydroxylation is 1. The molecule has 1 aliphatic heterocycles. The second-order valence-corrected chi connectivity index (χ2v) is 9.64. The molecule has 162 valence electrons. The molecule has 0 radical (unpaired) electrons. The summed E-state index contributed by atoms with van der Waals surface area (Å²) in [6.45, 7) is 9.95. The summed E-state index contributed by atoms with van der Waals surface area (Å²) in [5.74, 6) is 0.639. The van der Waals surface area contributed by atoms with Gasteiger partial charge >= 0.3 is 0 Å². The van der Waals surface area contributed by atoms with Crippen LogP contribution in [0.1, 0.15) is 67.6 Å². The molecule has 1 unspecified atom stereocenters. The van der Waals surface area contributed by atoms with E-state index in [2.05, 4.69) is 44.4 Å². The first-order valence-corrected chi connectivity index (χ1v) is 12.0. The van der Waals surface area contributed by atoms with Gasteiger partial charge in [0.15, 0.2) is 0 Å². The Kier molecular flexibility index (Phi) is 7.70. The van der Waals surface area contributed by atoms with Gasteiger partial charge in [0.25, 0.3) is 0 Å². The lowest BCUT2D eigenvalue weighted by molar-refractivity contribution is -0.142. The molecule has 2 aromatic rings. The zero-order chi connectivity index (χ0) is 21.7. The average molecular weight is 427 g/mol. The number of fused-ring (bicyclic) bond motifs is 1. The number of hydrogen-bond acceptors (Lipinski definition) is 3.